The van der Waals surface area contributed by atoms with E-state index in [0.717, 1.165) is 11.1 Å². The molecule has 2 aliphatic heterocycles. The van der Waals surface area contributed by atoms with Crippen molar-refractivity contribution in [2.75, 3.05) is 31.1 Å². The molecule has 6 rings (SSSR count). The SMILES string of the molecule is Cn1c(=O)c2c(c3ncc(CC#N)cc31)N1CCN(C(c3ccc(F)cc3)c3ccc(F)cc3)C[C@@H]1COC2=O. The summed E-state index contributed by atoms with van der Waals surface area (Å²) in [5.74, 6) is -1.40. The summed E-state index contributed by atoms with van der Waals surface area (Å²) in [7, 11) is 1.58. The van der Waals surface area contributed by atoms with E-state index in [9.17, 15) is 18.4 Å². The summed E-state index contributed by atoms with van der Waals surface area (Å²) in [5, 5.41) is 9.14. The van der Waals surface area contributed by atoms with Crippen molar-refractivity contribution in [3.05, 3.63) is 105 Å². The van der Waals surface area contributed by atoms with Crippen molar-refractivity contribution in [1.82, 2.24) is 14.5 Å². The summed E-state index contributed by atoms with van der Waals surface area (Å²) < 4.78 is 34.6. The molecule has 4 heterocycles. The molecule has 4 aromatic rings. The Morgan fingerprint density at radius 2 is 1.70 bits per heavy atom. The zero-order chi connectivity index (χ0) is 28.0. The Balaban J connectivity index is 1.43. The molecule has 2 aromatic heterocycles. The lowest BCUT2D eigenvalue weighted by molar-refractivity contribution is 0.0451. The number of anilines is 1. The first-order valence-electron chi connectivity index (χ1n) is 12.9. The number of ether oxygens (including phenoxy) is 1. The number of cyclic esters (lactones) is 1. The molecule has 0 saturated carbocycles. The number of pyridine rings is 2. The number of piperazine rings is 1. The second kappa shape index (κ2) is 10.2. The van der Waals surface area contributed by atoms with Gasteiger partial charge in [-0.3, -0.25) is 14.7 Å². The molecule has 0 aliphatic carbocycles. The van der Waals surface area contributed by atoms with Gasteiger partial charge in [0, 0.05) is 32.9 Å². The van der Waals surface area contributed by atoms with Crippen LogP contribution in [0, 0.1) is 23.0 Å². The van der Waals surface area contributed by atoms with Crippen LogP contribution in [0.1, 0.15) is 33.1 Å². The third-order valence-electron chi connectivity index (χ3n) is 7.70. The highest BCUT2D eigenvalue weighted by Crippen LogP contribution is 2.36. The molecule has 1 saturated heterocycles. The summed E-state index contributed by atoms with van der Waals surface area (Å²) in [6.45, 7) is 1.50. The number of carbonyl (C=O) groups is 1. The summed E-state index contributed by atoms with van der Waals surface area (Å²) in [6, 6.07) is 15.7. The van der Waals surface area contributed by atoms with Gasteiger partial charge >= 0.3 is 5.97 Å². The first-order chi connectivity index (χ1) is 19.4. The van der Waals surface area contributed by atoms with Crippen molar-refractivity contribution in [2.24, 2.45) is 7.05 Å². The third kappa shape index (κ3) is 4.38. The Labute approximate surface area is 228 Å². The maximum atomic E-state index is 13.8. The van der Waals surface area contributed by atoms with Crippen molar-refractivity contribution >= 4 is 22.7 Å². The average molecular weight is 542 g/mol. The smallest absolute Gasteiger partial charge is 0.346 e. The van der Waals surface area contributed by atoms with E-state index >= 15 is 0 Å². The lowest BCUT2D eigenvalue weighted by atomic mass is 9.95. The predicted octanol–water partition coefficient (Wildman–Crippen LogP) is 3.73. The Morgan fingerprint density at radius 1 is 1.05 bits per heavy atom. The second-order valence-electron chi connectivity index (χ2n) is 10.1. The fraction of sp³-hybridized carbons (Fsp3) is 0.267. The van der Waals surface area contributed by atoms with Crippen LogP contribution in [0.4, 0.5) is 14.5 Å². The predicted molar refractivity (Wildman–Crippen MR) is 144 cm³/mol. The number of rotatable bonds is 4. The molecule has 0 N–H and O–H groups in total. The van der Waals surface area contributed by atoms with Crippen molar-refractivity contribution < 1.29 is 18.3 Å². The van der Waals surface area contributed by atoms with E-state index < -0.39 is 11.5 Å². The lowest BCUT2D eigenvalue weighted by Crippen LogP contribution is -2.55. The summed E-state index contributed by atoms with van der Waals surface area (Å²) in [4.78, 5) is 35.4. The lowest BCUT2D eigenvalue weighted by Gasteiger charge is -2.45. The quantitative estimate of drug-likeness (QED) is 0.364. The maximum absolute atomic E-state index is 13.8. The largest absolute Gasteiger partial charge is 0.460 e. The van der Waals surface area contributed by atoms with Crippen molar-refractivity contribution in [1.29, 1.82) is 5.26 Å². The zero-order valence-corrected chi connectivity index (χ0v) is 21.7. The van der Waals surface area contributed by atoms with E-state index in [0.29, 0.717) is 41.9 Å². The Bertz CT molecular complexity index is 1670. The highest BCUT2D eigenvalue weighted by Gasteiger charge is 2.39. The number of aryl methyl sites for hydroxylation is 1. The van der Waals surface area contributed by atoms with E-state index in [1.165, 1.54) is 28.8 Å². The first kappa shape index (κ1) is 25.6. The fourth-order valence-corrected chi connectivity index (χ4v) is 5.78. The van der Waals surface area contributed by atoms with E-state index in [1.807, 2.05) is 4.90 Å². The van der Waals surface area contributed by atoms with Gasteiger partial charge in [-0.15, -0.1) is 0 Å². The number of hydrogen-bond donors (Lipinski definition) is 0. The number of hydrogen-bond acceptors (Lipinski definition) is 7. The minimum absolute atomic E-state index is 0.0555. The summed E-state index contributed by atoms with van der Waals surface area (Å²) in [5.41, 5.74) is 3.28. The fourth-order valence-electron chi connectivity index (χ4n) is 5.78. The standard InChI is InChI=1S/C30H25F2N5O3/c1-35-24-14-18(10-11-33)15-34-26(24)28-25(29(35)38)30(39)40-17-23-16-36(12-13-37(23)28)27(19-2-6-21(31)7-3-19)20-4-8-22(32)9-5-20/h2-9,14-15,23,27H,10,12-13,16-17H2,1H3/t23-/m1/s1. The highest BCUT2D eigenvalue weighted by molar-refractivity contribution is 6.04. The molecule has 202 valence electrons. The molecular weight excluding hydrogens is 516 g/mol. The molecule has 0 radical (unpaired) electrons. The highest BCUT2D eigenvalue weighted by atomic mass is 19.1. The van der Waals surface area contributed by atoms with Crippen molar-refractivity contribution in [2.45, 2.75) is 18.5 Å². The monoisotopic (exact) mass is 541 g/mol. The number of nitriles is 1. The van der Waals surface area contributed by atoms with Crippen LogP contribution < -0.4 is 10.5 Å². The molecule has 1 fully saturated rings. The molecule has 2 aromatic carbocycles. The van der Waals surface area contributed by atoms with Gasteiger partial charge in [-0.2, -0.15) is 5.26 Å². The number of aromatic nitrogens is 2. The van der Waals surface area contributed by atoms with Crippen LogP contribution in [0.25, 0.3) is 11.0 Å². The van der Waals surface area contributed by atoms with E-state index in [4.69, 9.17) is 10.00 Å². The topological polar surface area (TPSA) is 91.5 Å². The molecule has 8 nitrogen and oxygen atoms in total. The van der Waals surface area contributed by atoms with E-state index in [2.05, 4.69) is 16.0 Å². The van der Waals surface area contributed by atoms with E-state index in [1.54, 1.807) is 43.6 Å². The van der Waals surface area contributed by atoms with Gasteiger partial charge in [-0.05, 0) is 47.0 Å². The molecule has 0 bridgehead atoms. The summed E-state index contributed by atoms with van der Waals surface area (Å²) in [6.07, 6.45) is 1.74. The molecule has 0 spiro atoms. The van der Waals surface area contributed by atoms with Gasteiger partial charge in [0.2, 0.25) is 0 Å². The van der Waals surface area contributed by atoms with Gasteiger partial charge in [0.1, 0.15) is 23.8 Å². The van der Waals surface area contributed by atoms with Crippen LogP contribution in [0.3, 0.4) is 0 Å². The van der Waals surface area contributed by atoms with Crippen LogP contribution in [0.2, 0.25) is 0 Å². The van der Waals surface area contributed by atoms with Gasteiger partial charge in [0.05, 0.1) is 35.8 Å². The maximum Gasteiger partial charge on any atom is 0.346 e. The summed E-state index contributed by atoms with van der Waals surface area (Å²) >= 11 is 0. The molecule has 1 atom stereocenters. The number of halogens is 2. The van der Waals surface area contributed by atoms with Crippen LogP contribution in [0.5, 0.6) is 0 Å². The Hall–Kier alpha value is -4.62. The van der Waals surface area contributed by atoms with Gasteiger partial charge in [-0.25, -0.2) is 13.6 Å². The number of esters is 1. The average Bonchev–Trinajstić information content (AvgIpc) is 3.10. The van der Waals surface area contributed by atoms with Crippen LogP contribution in [0.15, 0.2) is 65.6 Å². The van der Waals surface area contributed by atoms with Gasteiger partial charge in [-0.1, -0.05) is 24.3 Å². The van der Waals surface area contributed by atoms with Gasteiger partial charge in [0.15, 0.2) is 5.56 Å². The molecular formula is C30H25F2N5O3. The molecule has 10 heteroatoms. The number of nitrogens with zero attached hydrogens (tertiary/aromatic N) is 5. The normalized spacial score (nSPS) is 17.2. The number of benzene rings is 2. The molecule has 2 aliphatic rings. The van der Waals surface area contributed by atoms with Crippen molar-refractivity contribution in [3.8, 4) is 6.07 Å². The molecule has 0 unspecified atom stereocenters. The third-order valence-corrected chi connectivity index (χ3v) is 7.70. The Kier molecular flexibility index (Phi) is 6.52. The van der Waals surface area contributed by atoms with Crippen LogP contribution in [-0.4, -0.2) is 52.7 Å². The molecule has 0 amide bonds. The minimum Gasteiger partial charge on any atom is -0.460 e. The van der Waals surface area contributed by atoms with Crippen LogP contribution >= 0.6 is 0 Å². The Morgan fingerprint density at radius 3 is 2.33 bits per heavy atom. The minimum atomic E-state index is -0.699. The number of fused-ring (bicyclic) bond motifs is 5. The first-order valence-corrected chi connectivity index (χ1v) is 12.9. The van der Waals surface area contributed by atoms with Gasteiger partial charge < -0.3 is 14.2 Å². The second-order valence-corrected chi connectivity index (χ2v) is 10.1. The number of carbonyl (C=O) groups excluding carboxylic acids is 1. The van der Waals surface area contributed by atoms with Gasteiger partial charge in [0.25, 0.3) is 5.56 Å². The molecule has 40 heavy (non-hydrogen) atoms. The zero-order valence-electron chi connectivity index (χ0n) is 21.7. The van der Waals surface area contributed by atoms with E-state index in [-0.39, 0.29) is 42.3 Å². The van der Waals surface area contributed by atoms with Crippen LogP contribution in [-0.2, 0) is 18.2 Å². The van der Waals surface area contributed by atoms with Crippen molar-refractivity contribution in [3.63, 3.8) is 0 Å².